The highest BCUT2D eigenvalue weighted by atomic mass is 32.2. The number of thioether (sulfide) groups is 1. The minimum atomic E-state index is -0.815. The van der Waals surface area contributed by atoms with E-state index in [-0.39, 0.29) is 17.5 Å². The molecule has 4 aromatic rings. The molecule has 0 aliphatic carbocycles. The van der Waals surface area contributed by atoms with Crippen molar-refractivity contribution in [3.63, 3.8) is 0 Å². The SMILES string of the molecule is CC(C)n1c(SCC(=O)Nc2ccc(F)cc2F)nnc1-c1csc2ccccc12. The predicted molar refractivity (Wildman–Crippen MR) is 117 cm³/mol. The first kappa shape index (κ1) is 20.5. The van der Waals surface area contributed by atoms with Crippen LogP contribution in [0.4, 0.5) is 14.5 Å². The van der Waals surface area contributed by atoms with Crippen molar-refractivity contribution in [1.82, 2.24) is 14.8 Å². The molecule has 2 aromatic carbocycles. The normalized spacial score (nSPS) is 11.4. The molecule has 4 rings (SSSR count). The first-order chi connectivity index (χ1) is 14.4. The van der Waals surface area contributed by atoms with E-state index in [4.69, 9.17) is 0 Å². The van der Waals surface area contributed by atoms with E-state index in [1.807, 2.05) is 30.5 Å². The second kappa shape index (κ2) is 8.53. The van der Waals surface area contributed by atoms with Crippen molar-refractivity contribution in [2.24, 2.45) is 0 Å². The lowest BCUT2D eigenvalue weighted by Gasteiger charge is -2.13. The second-order valence-electron chi connectivity index (χ2n) is 6.88. The number of nitrogens with one attached hydrogen (secondary N) is 1. The van der Waals surface area contributed by atoms with Gasteiger partial charge in [0.25, 0.3) is 0 Å². The van der Waals surface area contributed by atoms with Crippen molar-refractivity contribution in [1.29, 1.82) is 0 Å². The molecule has 0 bridgehead atoms. The number of carbonyl (C=O) groups is 1. The van der Waals surface area contributed by atoms with Gasteiger partial charge in [-0.25, -0.2) is 8.78 Å². The predicted octanol–water partition coefficient (Wildman–Crippen LogP) is 5.75. The van der Waals surface area contributed by atoms with E-state index in [1.165, 1.54) is 22.5 Å². The Morgan fingerprint density at radius 1 is 1.20 bits per heavy atom. The molecule has 0 aliphatic heterocycles. The van der Waals surface area contributed by atoms with Crippen molar-refractivity contribution < 1.29 is 13.6 Å². The maximum Gasteiger partial charge on any atom is 0.234 e. The number of carbonyl (C=O) groups excluding carboxylic acids is 1. The third-order valence-corrected chi connectivity index (χ3v) is 6.35. The number of fused-ring (bicyclic) bond motifs is 1. The van der Waals surface area contributed by atoms with Gasteiger partial charge in [0.05, 0.1) is 11.4 Å². The lowest BCUT2D eigenvalue weighted by atomic mass is 10.1. The molecular weight excluding hydrogens is 426 g/mol. The summed E-state index contributed by atoms with van der Waals surface area (Å²) in [6, 6.07) is 11.2. The van der Waals surface area contributed by atoms with Crippen LogP contribution in [0.15, 0.2) is 53.0 Å². The number of rotatable bonds is 6. The van der Waals surface area contributed by atoms with Gasteiger partial charge in [-0.15, -0.1) is 21.5 Å². The topological polar surface area (TPSA) is 59.8 Å². The lowest BCUT2D eigenvalue weighted by Crippen LogP contribution is -2.16. The summed E-state index contributed by atoms with van der Waals surface area (Å²) in [7, 11) is 0. The summed E-state index contributed by atoms with van der Waals surface area (Å²) < 4.78 is 29.9. The van der Waals surface area contributed by atoms with Crippen LogP contribution in [-0.2, 0) is 4.79 Å². The van der Waals surface area contributed by atoms with Gasteiger partial charge in [-0.2, -0.15) is 0 Å². The fourth-order valence-electron chi connectivity index (χ4n) is 3.08. The molecule has 2 heterocycles. The standard InChI is InChI=1S/C21H18F2N4OS2/c1-12(2)27-20(15-10-29-18-6-4-3-5-14(15)18)25-26-21(27)30-11-19(28)24-17-8-7-13(22)9-16(17)23/h3-10,12H,11H2,1-2H3,(H,24,28). The molecule has 0 spiro atoms. The Hall–Kier alpha value is -2.78. The second-order valence-corrected chi connectivity index (χ2v) is 8.73. The van der Waals surface area contributed by atoms with Gasteiger partial charge in [-0.05, 0) is 32.0 Å². The van der Waals surface area contributed by atoms with E-state index in [1.54, 1.807) is 11.3 Å². The lowest BCUT2D eigenvalue weighted by molar-refractivity contribution is -0.113. The van der Waals surface area contributed by atoms with Gasteiger partial charge in [0.15, 0.2) is 11.0 Å². The monoisotopic (exact) mass is 444 g/mol. The Kier molecular flexibility index (Phi) is 5.83. The number of hydrogen-bond donors (Lipinski definition) is 1. The Morgan fingerprint density at radius 2 is 2.00 bits per heavy atom. The molecule has 9 heteroatoms. The molecule has 2 aromatic heterocycles. The summed E-state index contributed by atoms with van der Waals surface area (Å²) in [6.45, 7) is 4.05. The minimum Gasteiger partial charge on any atom is -0.323 e. The number of hydrogen-bond acceptors (Lipinski definition) is 5. The number of halogens is 2. The Morgan fingerprint density at radius 3 is 2.77 bits per heavy atom. The van der Waals surface area contributed by atoms with Gasteiger partial charge in [0.2, 0.25) is 5.91 Å². The summed E-state index contributed by atoms with van der Waals surface area (Å²) in [4.78, 5) is 12.3. The molecule has 30 heavy (non-hydrogen) atoms. The van der Waals surface area contributed by atoms with Gasteiger partial charge < -0.3 is 5.32 Å². The van der Waals surface area contributed by atoms with E-state index in [0.29, 0.717) is 5.16 Å². The molecule has 5 nitrogen and oxygen atoms in total. The van der Waals surface area contributed by atoms with Crippen molar-refractivity contribution in [2.45, 2.75) is 25.0 Å². The molecular formula is C21H18F2N4OS2. The van der Waals surface area contributed by atoms with Crippen LogP contribution >= 0.6 is 23.1 Å². The summed E-state index contributed by atoms with van der Waals surface area (Å²) in [5, 5.41) is 14.9. The number of anilines is 1. The zero-order valence-corrected chi connectivity index (χ0v) is 17.9. The van der Waals surface area contributed by atoms with E-state index in [9.17, 15) is 13.6 Å². The van der Waals surface area contributed by atoms with Crippen LogP contribution in [0.25, 0.3) is 21.5 Å². The minimum absolute atomic E-state index is 0.0199. The smallest absolute Gasteiger partial charge is 0.234 e. The third kappa shape index (κ3) is 4.08. The quantitative estimate of drug-likeness (QED) is 0.385. The Balaban J connectivity index is 1.54. The van der Waals surface area contributed by atoms with Crippen molar-refractivity contribution in [3.8, 4) is 11.4 Å². The van der Waals surface area contributed by atoms with Gasteiger partial charge in [-0.3, -0.25) is 9.36 Å². The molecule has 0 saturated carbocycles. The van der Waals surface area contributed by atoms with Crippen LogP contribution in [0.3, 0.4) is 0 Å². The van der Waals surface area contributed by atoms with Gasteiger partial charge in [-0.1, -0.05) is 30.0 Å². The van der Waals surface area contributed by atoms with Crippen molar-refractivity contribution in [3.05, 3.63) is 59.5 Å². The average molecular weight is 445 g/mol. The molecule has 0 fully saturated rings. The highest BCUT2D eigenvalue weighted by Gasteiger charge is 2.20. The number of aromatic nitrogens is 3. The molecule has 0 atom stereocenters. The van der Waals surface area contributed by atoms with Gasteiger partial charge in [0.1, 0.15) is 11.6 Å². The number of thiophene rings is 1. The largest absolute Gasteiger partial charge is 0.323 e. The molecule has 1 N–H and O–H groups in total. The fourth-order valence-corrected chi connectivity index (χ4v) is 4.89. The van der Waals surface area contributed by atoms with Crippen molar-refractivity contribution in [2.75, 3.05) is 11.1 Å². The van der Waals surface area contributed by atoms with Crippen LogP contribution in [0.2, 0.25) is 0 Å². The van der Waals surface area contributed by atoms with Gasteiger partial charge >= 0.3 is 0 Å². The number of benzene rings is 2. The van der Waals surface area contributed by atoms with Crippen molar-refractivity contribution >= 4 is 44.8 Å². The maximum absolute atomic E-state index is 13.7. The summed E-state index contributed by atoms with van der Waals surface area (Å²) >= 11 is 2.87. The van der Waals surface area contributed by atoms with E-state index in [2.05, 4.69) is 33.0 Å². The molecule has 1 amide bonds. The maximum atomic E-state index is 13.7. The molecule has 0 unspecified atom stereocenters. The number of amides is 1. The van der Waals surface area contributed by atoms with E-state index in [0.717, 1.165) is 28.9 Å². The fraction of sp³-hybridized carbons (Fsp3) is 0.190. The Labute approximate surface area is 180 Å². The van der Waals surface area contributed by atoms with Crippen LogP contribution in [0.1, 0.15) is 19.9 Å². The summed E-state index contributed by atoms with van der Waals surface area (Å²) in [5.74, 6) is -1.16. The van der Waals surface area contributed by atoms with Crippen LogP contribution in [0.5, 0.6) is 0 Å². The third-order valence-electron chi connectivity index (χ3n) is 4.44. The van der Waals surface area contributed by atoms with Crippen LogP contribution in [0, 0.1) is 11.6 Å². The zero-order valence-electron chi connectivity index (χ0n) is 16.2. The highest BCUT2D eigenvalue weighted by Crippen LogP contribution is 2.35. The average Bonchev–Trinajstić information content (AvgIpc) is 3.32. The van der Waals surface area contributed by atoms with Crippen LogP contribution < -0.4 is 5.32 Å². The molecule has 0 saturated heterocycles. The highest BCUT2D eigenvalue weighted by molar-refractivity contribution is 7.99. The first-order valence-electron chi connectivity index (χ1n) is 9.23. The first-order valence-corrected chi connectivity index (χ1v) is 11.1. The van der Waals surface area contributed by atoms with Crippen LogP contribution in [-0.4, -0.2) is 26.4 Å². The summed E-state index contributed by atoms with van der Waals surface area (Å²) in [6.07, 6.45) is 0. The molecule has 0 radical (unpaired) electrons. The molecule has 154 valence electrons. The summed E-state index contributed by atoms with van der Waals surface area (Å²) in [5.41, 5.74) is 0.944. The Bertz CT molecular complexity index is 1220. The number of nitrogens with zero attached hydrogens (tertiary/aromatic N) is 3. The van der Waals surface area contributed by atoms with Gasteiger partial charge in [0, 0.05) is 33.1 Å². The zero-order chi connectivity index (χ0) is 21.3. The van der Waals surface area contributed by atoms with E-state index < -0.39 is 17.5 Å². The molecule has 0 aliphatic rings. The van der Waals surface area contributed by atoms with E-state index >= 15 is 0 Å².